The topological polar surface area (TPSA) is 0 Å². The zero-order valence-corrected chi connectivity index (χ0v) is 14.7. The van der Waals surface area contributed by atoms with Crippen LogP contribution in [-0.4, -0.2) is 0 Å². The lowest BCUT2D eigenvalue weighted by Gasteiger charge is -2.07. The second-order valence-corrected chi connectivity index (χ2v) is 7.07. The Kier molecular flexibility index (Phi) is 3.68. The van der Waals surface area contributed by atoms with Gasteiger partial charge in [-0.3, -0.25) is 0 Å². The molecule has 0 fully saturated rings. The second kappa shape index (κ2) is 6.31. The molecule has 1 aliphatic carbocycles. The van der Waals surface area contributed by atoms with Gasteiger partial charge in [0, 0.05) is 0 Å². The number of benzene rings is 4. The Hall–Kier alpha value is -3.12. The van der Waals surface area contributed by atoms with Crippen molar-refractivity contribution in [2.24, 2.45) is 0 Å². The molecule has 0 saturated heterocycles. The van der Waals surface area contributed by atoms with E-state index in [1.54, 1.807) is 0 Å². The Balaban J connectivity index is 1.38. The first-order chi connectivity index (χ1) is 12.9. The maximum absolute atomic E-state index is 2.39. The monoisotopic (exact) mass is 332 g/mol. The van der Waals surface area contributed by atoms with Gasteiger partial charge in [0.15, 0.2) is 0 Å². The van der Waals surface area contributed by atoms with Gasteiger partial charge in [0.2, 0.25) is 0 Å². The maximum atomic E-state index is 2.39. The van der Waals surface area contributed by atoms with Crippen molar-refractivity contribution in [1.82, 2.24) is 0 Å². The van der Waals surface area contributed by atoms with Gasteiger partial charge in [-0.05, 0) is 57.3 Å². The van der Waals surface area contributed by atoms with Crippen LogP contribution in [0, 0.1) is 0 Å². The summed E-state index contributed by atoms with van der Waals surface area (Å²) in [5.41, 5.74) is 11.0. The van der Waals surface area contributed by atoms with Crippen LogP contribution in [0.4, 0.5) is 0 Å². The molecule has 0 atom stereocenters. The molecule has 4 aromatic rings. The molecular formula is C26H20. The summed E-state index contributed by atoms with van der Waals surface area (Å²) >= 11 is 0. The van der Waals surface area contributed by atoms with E-state index in [0.717, 1.165) is 12.8 Å². The number of hydrogen-bond donors (Lipinski definition) is 0. The highest BCUT2D eigenvalue weighted by atomic mass is 14.2. The van der Waals surface area contributed by atoms with Crippen molar-refractivity contribution >= 4 is 0 Å². The van der Waals surface area contributed by atoms with Crippen molar-refractivity contribution in [2.45, 2.75) is 12.8 Å². The summed E-state index contributed by atoms with van der Waals surface area (Å²) in [7, 11) is 0. The lowest BCUT2D eigenvalue weighted by molar-refractivity contribution is 1.17. The van der Waals surface area contributed by atoms with Crippen molar-refractivity contribution < 1.29 is 0 Å². The van der Waals surface area contributed by atoms with E-state index in [9.17, 15) is 0 Å². The largest absolute Gasteiger partial charge is 0.0622 e. The maximum Gasteiger partial charge on any atom is -0.00134 e. The van der Waals surface area contributed by atoms with E-state index < -0.39 is 0 Å². The fourth-order valence-corrected chi connectivity index (χ4v) is 3.99. The predicted molar refractivity (Wildman–Crippen MR) is 109 cm³/mol. The molecule has 0 aliphatic heterocycles. The molecule has 4 aromatic carbocycles. The predicted octanol–water partition coefficient (Wildman–Crippen LogP) is 6.52. The summed E-state index contributed by atoms with van der Waals surface area (Å²) in [4.78, 5) is 0. The Bertz CT molecular complexity index is 1060. The molecule has 124 valence electrons. The van der Waals surface area contributed by atoms with E-state index in [1.807, 2.05) is 0 Å². The third-order valence-corrected chi connectivity index (χ3v) is 5.33. The molecule has 0 saturated carbocycles. The third kappa shape index (κ3) is 2.74. The van der Waals surface area contributed by atoms with Gasteiger partial charge < -0.3 is 0 Å². The van der Waals surface area contributed by atoms with Gasteiger partial charge in [-0.2, -0.15) is 0 Å². The SMILES string of the molecule is c1ccc(-c2ccc(Cc3ccc4c(c3)Cc3ccccc3-4)cc2)cc1. The first-order valence-electron chi connectivity index (χ1n) is 9.21. The molecule has 0 N–H and O–H groups in total. The summed E-state index contributed by atoms with van der Waals surface area (Å²) in [6.45, 7) is 0. The molecule has 0 spiro atoms. The highest BCUT2D eigenvalue weighted by Gasteiger charge is 2.17. The molecule has 0 nitrogen and oxygen atoms in total. The Morgan fingerprint density at radius 3 is 2.00 bits per heavy atom. The van der Waals surface area contributed by atoms with Gasteiger partial charge in [-0.15, -0.1) is 0 Å². The van der Waals surface area contributed by atoms with Crippen molar-refractivity contribution in [3.8, 4) is 22.3 Å². The van der Waals surface area contributed by atoms with E-state index >= 15 is 0 Å². The first-order valence-corrected chi connectivity index (χ1v) is 9.21. The number of rotatable bonds is 3. The van der Waals surface area contributed by atoms with Gasteiger partial charge in [-0.1, -0.05) is 97.1 Å². The van der Waals surface area contributed by atoms with Crippen LogP contribution < -0.4 is 0 Å². The van der Waals surface area contributed by atoms with Gasteiger partial charge in [0.25, 0.3) is 0 Å². The molecule has 0 heterocycles. The molecule has 0 aromatic heterocycles. The van der Waals surface area contributed by atoms with E-state index in [-0.39, 0.29) is 0 Å². The van der Waals surface area contributed by atoms with Crippen LogP contribution in [0.3, 0.4) is 0 Å². The van der Waals surface area contributed by atoms with Crippen LogP contribution in [-0.2, 0) is 12.8 Å². The fraction of sp³-hybridized carbons (Fsp3) is 0.0769. The molecule has 0 bridgehead atoms. The summed E-state index contributed by atoms with van der Waals surface area (Å²) in [6, 6.07) is 35.3. The number of hydrogen-bond acceptors (Lipinski definition) is 0. The normalized spacial score (nSPS) is 11.8. The molecule has 1 aliphatic rings. The van der Waals surface area contributed by atoms with Crippen molar-refractivity contribution in [3.63, 3.8) is 0 Å². The van der Waals surface area contributed by atoms with E-state index in [4.69, 9.17) is 0 Å². The minimum Gasteiger partial charge on any atom is -0.0622 e. The smallest absolute Gasteiger partial charge is 0.00134 e. The van der Waals surface area contributed by atoms with Crippen LogP contribution in [0.15, 0.2) is 97.1 Å². The molecule has 5 rings (SSSR count). The quantitative estimate of drug-likeness (QED) is 0.353. The van der Waals surface area contributed by atoms with E-state index in [2.05, 4.69) is 97.1 Å². The highest BCUT2D eigenvalue weighted by molar-refractivity contribution is 5.77. The Labute approximate surface area is 154 Å². The van der Waals surface area contributed by atoms with E-state index in [0.29, 0.717) is 0 Å². The number of fused-ring (bicyclic) bond motifs is 3. The molecular weight excluding hydrogens is 312 g/mol. The summed E-state index contributed by atoms with van der Waals surface area (Å²) < 4.78 is 0. The van der Waals surface area contributed by atoms with Crippen LogP contribution in [0.5, 0.6) is 0 Å². The molecule has 0 unspecified atom stereocenters. The minimum atomic E-state index is 0.985. The molecule has 0 amide bonds. The lowest BCUT2D eigenvalue weighted by Crippen LogP contribution is -1.91. The first kappa shape index (κ1) is 15.2. The minimum absolute atomic E-state index is 0.985. The zero-order chi connectivity index (χ0) is 17.3. The van der Waals surface area contributed by atoms with Gasteiger partial charge in [0.1, 0.15) is 0 Å². The lowest BCUT2D eigenvalue weighted by atomic mass is 9.97. The van der Waals surface area contributed by atoms with Crippen molar-refractivity contribution in [1.29, 1.82) is 0 Å². The van der Waals surface area contributed by atoms with Gasteiger partial charge in [-0.25, -0.2) is 0 Å². The molecule has 0 heteroatoms. The summed E-state index contributed by atoms with van der Waals surface area (Å²) in [6.07, 6.45) is 2.05. The molecule has 0 radical (unpaired) electrons. The average Bonchev–Trinajstić information content (AvgIpc) is 3.07. The highest BCUT2D eigenvalue weighted by Crippen LogP contribution is 2.37. The third-order valence-electron chi connectivity index (χ3n) is 5.33. The molecule has 26 heavy (non-hydrogen) atoms. The standard InChI is InChI=1S/C26H20/c1-2-6-21(7-3-1)22-13-10-19(11-14-22)16-20-12-15-26-24(17-20)18-23-8-4-5-9-25(23)26/h1-15,17H,16,18H2. The second-order valence-electron chi connectivity index (χ2n) is 7.07. The van der Waals surface area contributed by atoms with Crippen molar-refractivity contribution in [2.75, 3.05) is 0 Å². The zero-order valence-electron chi connectivity index (χ0n) is 14.7. The van der Waals surface area contributed by atoms with E-state index in [1.165, 1.54) is 44.5 Å². The van der Waals surface area contributed by atoms with Gasteiger partial charge >= 0.3 is 0 Å². The van der Waals surface area contributed by atoms with Crippen LogP contribution in [0.25, 0.3) is 22.3 Å². The summed E-state index contributed by atoms with van der Waals surface area (Å²) in [5, 5.41) is 0. The Morgan fingerprint density at radius 1 is 0.500 bits per heavy atom. The Morgan fingerprint density at radius 2 is 1.15 bits per heavy atom. The fourth-order valence-electron chi connectivity index (χ4n) is 3.99. The van der Waals surface area contributed by atoms with Gasteiger partial charge in [0.05, 0.1) is 0 Å². The average molecular weight is 332 g/mol. The summed E-state index contributed by atoms with van der Waals surface area (Å²) in [5.74, 6) is 0. The van der Waals surface area contributed by atoms with Crippen LogP contribution in [0.1, 0.15) is 22.3 Å². The van der Waals surface area contributed by atoms with Crippen LogP contribution in [0.2, 0.25) is 0 Å². The van der Waals surface area contributed by atoms with Crippen molar-refractivity contribution in [3.05, 3.63) is 119 Å². The van der Waals surface area contributed by atoms with Crippen LogP contribution >= 0.6 is 0 Å².